The molecule has 2 aliphatic heterocycles. The third-order valence-electron chi connectivity index (χ3n) is 5.57. The average Bonchev–Trinajstić information content (AvgIpc) is 3.32. The molecule has 1 unspecified atom stereocenters. The van der Waals surface area contributed by atoms with Crippen molar-refractivity contribution in [2.24, 2.45) is 0 Å². The van der Waals surface area contributed by atoms with Crippen molar-refractivity contribution in [1.29, 1.82) is 0 Å². The lowest BCUT2D eigenvalue weighted by molar-refractivity contribution is -0.384. The van der Waals surface area contributed by atoms with Crippen molar-refractivity contribution in [3.8, 4) is 11.3 Å². The Morgan fingerprint density at radius 1 is 1.11 bits per heavy atom. The van der Waals surface area contributed by atoms with Crippen LogP contribution in [0.3, 0.4) is 0 Å². The topological polar surface area (TPSA) is 87.0 Å². The fraction of sp³-hybridized carbons (Fsp3) is 0.208. The molecule has 1 saturated heterocycles. The highest BCUT2D eigenvalue weighted by atomic mass is 32.1. The minimum absolute atomic E-state index is 0.158. The van der Waals surface area contributed by atoms with E-state index < -0.39 is 18.1 Å². The molecule has 8 nitrogen and oxygen atoms in total. The van der Waals surface area contributed by atoms with E-state index in [-0.39, 0.29) is 17.0 Å². The van der Waals surface area contributed by atoms with Gasteiger partial charge in [0.2, 0.25) is 0 Å². The van der Waals surface area contributed by atoms with Gasteiger partial charge < -0.3 is 27.6 Å². The summed E-state index contributed by atoms with van der Waals surface area (Å²) < 4.78 is 43.6. The van der Waals surface area contributed by atoms with Gasteiger partial charge >= 0.3 is 12.9 Å². The van der Waals surface area contributed by atoms with Crippen LogP contribution in [0.2, 0.25) is 0 Å². The number of non-ortho nitro benzene ring substituents is 1. The number of rotatable bonds is 6. The highest BCUT2D eigenvalue weighted by molar-refractivity contribution is 7.16. The van der Waals surface area contributed by atoms with E-state index in [2.05, 4.69) is 11.0 Å². The zero-order valence-electron chi connectivity index (χ0n) is 18.9. The Morgan fingerprint density at radius 2 is 1.83 bits per heavy atom. The van der Waals surface area contributed by atoms with Crippen LogP contribution >= 0.6 is 11.3 Å². The lowest BCUT2D eigenvalue weighted by Gasteiger charge is -2.30. The van der Waals surface area contributed by atoms with Crippen LogP contribution in [0.1, 0.15) is 10.4 Å². The Bertz CT molecular complexity index is 1290. The molecule has 12 heteroatoms. The molecule has 3 aromatic rings. The van der Waals surface area contributed by atoms with Crippen LogP contribution < -0.4 is 4.90 Å². The summed E-state index contributed by atoms with van der Waals surface area (Å²) in [5, 5.41) is 11.7. The van der Waals surface area contributed by atoms with Crippen molar-refractivity contribution in [3.05, 3.63) is 87.3 Å². The zero-order chi connectivity index (χ0) is 25.1. The van der Waals surface area contributed by atoms with Crippen LogP contribution in [-0.4, -0.2) is 49.4 Å². The third kappa shape index (κ3) is 5.42. The summed E-state index contributed by atoms with van der Waals surface area (Å²) in [6.07, 6.45) is 4.76. The molecule has 0 spiro atoms. The first-order valence-corrected chi connectivity index (χ1v) is 12.0. The number of ether oxygens (including phenoxy) is 1. The minimum Gasteiger partial charge on any atom is -0.601 e. The molecule has 5 rings (SSSR count). The first-order chi connectivity index (χ1) is 17.4. The quantitative estimate of drug-likeness (QED) is 0.195. The number of nitro benzene ring substituents is 1. The van der Waals surface area contributed by atoms with E-state index in [0.29, 0.717) is 13.2 Å². The molecule has 0 saturated carbocycles. The van der Waals surface area contributed by atoms with Gasteiger partial charge in [-0.25, -0.2) is 4.98 Å². The number of thiazole rings is 1. The summed E-state index contributed by atoms with van der Waals surface area (Å²) in [6.45, 7) is 2.67. The maximum absolute atomic E-state index is 14.3. The van der Waals surface area contributed by atoms with Gasteiger partial charge in [-0.3, -0.25) is 10.1 Å². The standard InChI is InChI=1S/C24H20BF2N3O5S/c26-25(27)34-20(16-21(35-25)17-6-8-19(9-7-17)30(31)32)10-11-22-23(18-4-2-1-3-5-18)28-24(36-22)29-12-14-33-15-13-29/h1-11,20H,12-15H2/b11-10+. The van der Waals surface area contributed by atoms with E-state index in [1.54, 1.807) is 6.08 Å². The molecular formula is C24H20BF2N3O5S. The van der Waals surface area contributed by atoms with E-state index in [4.69, 9.17) is 19.0 Å². The molecular weight excluding hydrogens is 491 g/mol. The molecule has 3 heterocycles. The van der Waals surface area contributed by atoms with Crippen molar-refractivity contribution in [3.63, 3.8) is 0 Å². The fourth-order valence-corrected chi connectivity index (χ4v) is 4.87. The largest absolute Gasteiger partial charge is 0.668 e. The Kier molecular flexibility index (Phi) is 6.75. The number of nitrogens with zero attached hydrogens (tertiary/aromatic N) is 3. The first kappa shape index (κ1) is 24.0. The number of anilines is 1. The van der Waals surface area contributed by atoms with Gasteiger partial charge in [-0.1, -0.05) is 41.7 Å². The van der Waals surface area contributed by atoms with Gasteiger partial charge in [-0.15, -0.1) is 0 Å². The predicted octanol–water partition coefficient (Wildman–Crippen LogP) is 5.20. The number of morpholine rings is 1. The molecule has 0 bridgehead atoms. The smallest absolute Gasteiger partial charge is 0.601 e. The van der Waals surface area contributed by atoms with Crippen molar-refractivity contribution < 1.29 is 27.6 Å². The maximum atomic E-state index is 14.3. The van der Waals surface area contributed by atoms with Gasteiger partial charge in [-0.05, 0) is 12.2 Å². The Balaban J connectivity index is 1.45. The zero-order valence-corrected chi connectivity index (χ0v) is 19.7. The monoisotopic (exact) mass is 511 g/mol. The molecule has 0 aliphatic carbocycles. The van der Waals surface area contributed by atoms with Crippen LogP contribution in [0.5, 0.6) is 0 Å². The molecule has 1 aromatic heterocycles. The number of aromatic nitrogens is 1. The molecule has 0 amide bonds. The lowest BCUT2D eigenvalue weighted by atomic mass is 10.0. The number of hydrogen-bond donors (Lipinski definition) is 0. The summed E-state index contributed by atoms with van der Waals surface area (Å²) in [4.78, 5) is 18.1. The number of hydrogen-bond acceptors (Lipinski definition) is 8. The van der Waals surface area contributed by atoms with E-state index in [1.165, 1.54) is 41.7 Å². The average molecular weight is 511 g/mol. The second-order valence-corrected chi connectivity index (χ2v) is 9.03. The van der Waals surface area contributed by atoms with Crippen molar-refractivity contribution >= 4 is 41.1 Å². The van der Waals surface area contributed by atoms with Gasteiger partial charge in [0.1, 0.15) is 6.08 Å². The highest BCUT2D eigenvalue weighted by Crippen LogP contribution is 2.36. The van der Waals surface area contributed by atoms with Crippen LogP contribution in [0, 0.1) is 16.2 Å². The van der Waals surface area contributed by atoms with Crippen molar-refractivity contribution in [2.45, 2.75) is 6.10 Å². The Hall–Kier alpha value is -3.70. The SMILES string of the molecule is O=[N+]([O-])c1ccc(C2=[C+]C(/C=C/c3sc(N4CCOCC4)nc3-c3ccccc3)O[B-](F)(F)O2)cc1. The molecule has 0 N–H and O–H groups in total. The van der Waals surface area contributed by atoms with Crippen molar-refractivity contribution in [1.82, 2.24) is 4.98 Å². The second-order valence-electron chi connectivity index (χ2n) is 8.02. The molecule has 36 heavy (non-hydrogen) atoms. The first-order valence-electron chi connectivity index (χ1n) is 11.2. The predicted molar refractivity (Wildman–Crippen MR) is 133 cm³/mol. The Morgan fingerprint density at radius 3 is 2.53 bits per heavy atom. The van der Waals surface area contributed by atoms with Crippen LogP contribution in [0.25, 0.3) is 23.1 Å². The molecule has 2 aromatic carbocycles. The summed E-state index contributed by atoms with van der Waals surface area (Å²) in [7, 11) is -4.61. The second kappa shape index (κ2) is 10.1. The molecule has 1 atom stereocenters. The molecule has 184 valence electrons. The molecule has 2 aliphatic rings. The van der Waals surface area contributed by atoms with E-state index in [1.807, 2.05) is 30.3 Å². The summed E-state index contributed by atoms with van der Waals surface area (Å²) in [6, 6.07) is 14.7. The molecule has 1 fully saturated rings. The third-order valence-corrected chi connectivity index (χ3v) is 6.65. The van der Waals surface area contributed by atoms with Crippen LogP contribution in [0.4, 0.5) is 19.5 Å². The van der Waals surface area contributed by atoms with E-state index >= 15 is 0 Å². The highest BCUT2D eigenvalue weighted by Gasteiger charge is 2.42. The summed E-state index contributed by atoms with van der Waals surface area (Å²) >= 11 is 1.46. The van der Waals surface area contributed by atoms with Crippen LogP contribution in [-0.2, 0) is 14.0 Å². The van der Waals surface area contributed by atoms with Crippen LogP contribution in [0.15, 0.2) is 60.7 Å². The van der Waals surface area contributed by atoms with E-state index in [9.17, 15) is 18.7 Å². The van der Waals surface area contributed by atoms with Crippen molar-refractivity contribution in [2.75, 3.05) is 31.2 Å². The van der Waals surface area contributed by atoms with Gasteiger partial charge in [0.05, 0.1) is 28.7 Å². The van der Waals surface area contributed by atoms with Gasteiger partial charge in [0, 0.05) is 42.9 Å². The van der Waals surface area contributed by atoms with Gasteiger partial charge in [0.25, 0.3) is 5.69 Å². The maximum Gasteiger partial charge on any atom is 0.668 e. The molecule has 0 radical (unpaired) electrons. The summed E-state index contributed by atoms with van der Waals surface area (Å²) in [5.74, 6) is -0.225. The van der Waals surface area contributed by atoms with Gasteiger partial charge in [0.15, 0.2) is 16.8 Å². The minimum atomic E-state index is -4.61. The normalized spacial score (nSPS) is 19.4. The summed E-state index contributed by atoms with van der Waals surface area (Å²) in [5.41, 5.74) is 1.72. The van der Waals surface area contributed by atoms with Gasteiger partial charge in [-0.2, -0.15) is 0 Å². The number of halogens is 2. The lowest BCUT2D eigenvalue weighted by Crippen LogP contribution is -2.39. The number of nitro groups is 1. The number of benzene rings is 2. The Labute approximate surface area is 209 Å². The van der Waals surface area contributed by atoms with E-state index in [0.717, 1.165) is 34.4 Å². The fourth-order valence-electron chi connectivity index (χ4n) is 3.81.